The summed E-state index contributed by atoms with van der Waals surface area (Å²) < 4.78 is 7.84. The van der Waals surface area contributed by atoms with Gasteiger partial charge in [0.15, 0.2) is 0 Å². The highest BCUT2D eigenvalue weighted by atomic mass is 16.5. The van der Waals surface area contributed by atoms with Gasteiger partial charge in [0.25, 0.3) is 0 Å². The summed E-state index contributed by atoms with van der Waals surface area (Å²) >= 11 is 0. The van der Waals surface area contributed by atoms with E-state index in [1.54, 1.807) is 0 Å². The average molecular weight is 362 g/mol. The first-order valence-electron chi connectivity index (χ1n) is 9.67. The number of aryl methyl sites for hydroxylation is 2. The molecule has 0 spiro atoms. The minimum absolute atomic E-state index is 0.254. The minimum atomic E-state index is 0.254. The van der Waals surface area contributed by atoms with Crippen LogP contribution in [0.2, 0.25) is 0 Å². The predicted molar refractivity (Wildman–Crippen MR) is 106 cm³/mol. The van der Waals surface area contributed by atoms with Crippen molar-refractivity contribution in [2.24, 2.45) is 0 Å². The quantitative estimate of drug-likeness (QED) is 0.686. The Bertz CT molecular complexity index is 924. The first-order valence-corrected chi connectivity index (χ1v) is 9.67. The second-order valence-corrected chi connectivity index (χ2v) is 7.41. The molecule has 5 nitrogen and oxygen atoms in total. The van der Waals surface area contributed by atoms with E-state index < -0.39 is 0 Å². The van der Waals surface area contributed by atoms with Gasteiger partial charge in [-0.15, -0.1) is 5.10 Å². The lowest BCUT2D eigenvalue weighted by Crippen LogP contribution is -2.25. The highest BCUT2D eigenvalue weighted by Crippen LogP contribution is 2.29. The summed E-state index contributed by atoms with van der Waals surface area (Å²) in [5, 5.41) is 8.87. The zero-order chi connectivity index (χ0) is 18.8. The van der Waals surface area contributed by atoms with Crippen LogP contribution in [0, 0.1) is 20.8 Å². The molecular weight excluding hydrogens is 336 g/mol. The van der Waals surface area contributed by atoms with Crippen molar-refractivity contribution in [2.75, 3.05) is 6.61 Å². The summed E-state index contributed by atoms with van der Waals surface area (Å²) in [6, 6.07) is 10.6. The lowest BCUT2D eigenvalue weighted by Gasteiger charge is -2.22. The smallest absolute Gasteiger partial charge is 0.116 e. The van der Waals surface area contributed by atoms with Gasteiger partial charge >= 0.3 is 0 Å². The molecule has 0 saturated carbocycles. The Morgan fingerprint density at radius 2 is 1.93 bits per heavy atom. The lowest BCUT2D eigenvalue weighted by atomic mass is 9.98. The van der Waals surface area contributed by atoms with Crippen LogP contribution in [0.15, 0.2) is 36.5 Å². The van der Waals surface area contributed by atoms with Gasteiger partial charge in [0, 0.05) is 29.6 Å². The first-order chi connectivity index (χ1) is 13.1. The van der Waals surface area contributed by atoms with Gasteiger partial charge in [-0.1, -0.05) is 29.5 Å². The SMILES string of the molecule is Cc1ccc(-c2ccc(-c3nnn(C[C@H]4CCCCO4)c3C)c(C)c2)cn1. The van der Waals surface area contributed by atoms with E-state index >= 15 is 0 Å². The van der Waals surface area contributed by atoms with Crippen molar-refractivity contribution in [3.63, 3.8) is 0 Å². The van der Waals surface area contributed by atoms with Crippen LogP contribution in [0.4, 0.5) is 0 Å². The molecular formula is C22H26N4O. The molecule has 0 bridgehead atoms. The molecule has 1 aliphatic rings. The molecule has 1 atom stereocenters. The van der Waals surface area contributed by atoms with Gasteiger partial charge in [0.05, 0.1) is 18.3 Å². The first kappa shape index (κ1) is 17.9. The van der Waals surface area contributed by atoms with E-state index in [1.807, 2.05) is 23.9 Å². The minimum Gasteiger partial charge on any atom is -0.376 e. The second kappa shape index (κ2) is 7.61. The number of nitrogens with zero attached hydrogens (tertiary/aromatic N) is 4. The van der Waals surface area contributed by atoms with Crippen LogP contribution in [0.5, 0.6) is 0 Å². The molecule has 5 heteroatoms. The van der Waals surface area contributed by atoms with Gasteiger partial charge in [-0.3, -0.25) is 4.98 Å². The van der Waals surface area contributed by atoms with Crippen LogP contribution in [0.3, 0.4) is 0 Å². The molecule has 2 aromatic heterocycles. The predicted octanol–water partition coefficient (Wildman–Crippen LogP) is 4.50. The fraction of sp³-hybridized carbons (Fsp3) is 0.409. The zero-order valence-electron chi connectivity index (χ0n) is 16.3. The molecule has 3 aromatic rings. The number of aromatic nitrogens is 4. The van der Waals surface area contributed by atoms with Crippen molar-refractivity contribution >= 4 is 0 Å². The molecule has 1 aliphatic heterocycles. The fourth-order valence-electron chi connectivity index (χ4n) is 3.67. The normalized spacial score (nSPS) is 17.2. The van der Waals surface area contributed by atoms with Gasteiger partial charge in [-0.05, 0) is 57.2 Å². The van der Waals surface area contributed by atoms with E-state index in [1.165, 1.54) is 24.0 Å². The van der Waals surface area contributed by atoms with Crippen LogP contribution in [-0.4, -0.2) is 32.7 Å². The Morgan fingerprint density at radius 3 is 2.63 bits per heavy atom. The molecule has 27 heavy (non-hydrogen) atoms. The Kier molecular flexibility index (Phi) is 5.03. The van der Waals surface area contributed by atoms with Gasteiger partial charge < -0.3 is 4.74 Å². The summed E-state index contributed by atoms with van der Waals surface area (Å²) in [5.41, 5.74) is 7.70. The third kappa shape index (κ3) is 3.78. The van der Waals surface area contributed by atoms with Gasteiger partial charge in [0.1, 0.15) is 5.69 Å². The van der Waals surface area contributed by atoms with Crippen LogP contribution in [0.25, 0.3) is 22.4 Å². The Labute approximate surface area is 160 Å². The van der Waals surface area contributed by atoms with Crippen LogP contribution >= 0.6 is 0 Å². The van der Waals surface area contributed by atoms with E-state index in [2.05, 4.69) is 53.4 Å². The number of ether oxygens (including phenoxy) is 1. The van der Waals surface area contributed by atoms with Crippen LogP contribution in [-0.2, 0) is 11.3 Å². The maximum Gasteiger partial charge on any atom is 0.116 e. The Morgan fingerprint density at radius 1 is 1.07 bits per heavy atom. The summed E-state index contributed by atoms with van der Waals surface area (Å²) in [5.74, 6) is 0. The largest absolute Gasteiger partial charge is 0.376 e. The molecule has 3 heterocycles. The van der Waals surface area contributed by atoms with E-state index in [0.717, 1.165) is 47.8 Å². The van der Waals surface area contributed by atoms with E-state index in [4.69, 9.17) is 4.74 Å². The van der Waals surface area contributed by atoms with Gasteiger partial charge in [0.2, 0.25) is 0 Å². The molecule has 1 aromatic carbocycles. The number of rotatable bonds is 4. The van der Waals surface area contributed by atoms with E-state index in [-0.39, 0.29) is 6.10 Å². The summed E-state index contributed by atoms with van der Waals surface area (Å²) in [4.78, 5) is 4.40. The maximum atomic E-state index is 5.85. The molecule has 0 aliphatic carbocycles. The van der Waals surface area contributed by atoms with Crippen molar-refractivity contribution in [3.8, 4) is 22.4 Å². The highest BCUT2D eigenvalue weighted by molar-refractivity contribution is 5.72. The second-order valence-electron chi connectivity index (χ2n) is 7.41. The third-order valence-electron chi connectivity index (χ3n) is 5.36. The van der Waals surface area contributed by atoms with E-state index in [0.29, 0.717) is 0 Å². The molecule has 4 rings (SSSR count). The molecule has 0 unspecified atom stereocenters. The lowest BCUT2D eigenvalue weighted by molar-refractivity contribution is 0.00337. The fourth-order valence-corrected chi connectivity index (χ4v) is 3.67. The molecule has 0 radical (unpaired) electrons. The number of benzene rings is 1. The third-order valence-corrected chi connectivity index (χ3v) is 5.36. The molecule has 1 fully saturated rings. The van der Waals surface area contributed by atoms with Crippen LogP contribution in [0.1, 0.15) is 36.2 Å². The van der Waals surface area contributed by atoms with Crippen molar-refractivity contribution in [1.82, 2.24) is 20.0 Å². The topological polar surface area (TPSA) is 52.8 Å². The standard InChI is InChI=1S/C22H26N4O/c1-15-12-18(19-8-7-16(2)23-13-19)9-10-21(15)22-17(3)26(25-24-22)14-20-6-4-5-11-27-20/h7-10,12-13,20H,4-6,11,14H2,1-3H3/t20-/m1/s1. The molecule has 0 N–H and O–H groups in total. The van der Waals surface area contributed by atoms with E-state index in [9.17, 15) is 0 Å². The van der Waals surface area contributed by atoms with Crippen molar-refractivity contribution in [3.05, 3.63) is 53.5 Å². The maximum absolute atomic E-state index is 5.85. The zero-order valence-corrected chi connectivity index (χ0v) is 16.3. The molecule has 1 saturated heterocycles. The Hall–Kier alpha value is -2.53. The highest BCUT2D eigenvalue weighted by Gasteiger charge is 2.19. The number of hydrogen-bond acceptors (Lipinski definition) is 4. The summed E-state index contributed by atoms with van der Waals surface area (Å²) in [6.07, 6.45) is 5.69. The average Bonchev–Trinajstić information content (AvgIpc) is 3.03. The number of pyridine rings is 1. The molecule has 0 amide bonds. The van der Waals surface area contributed by atoms with Gasteiger partial charge in [-0.25, -0.2) is 4.68 Å². The van der Waals surface area contributed by atoms with Crippen molar-refractivity contribution < 1.29 is 4.74 Å². The van der Waals surface area contributed by atoms with Crippen molar-refractivity contribution in [1.29, 1.82) is 0 Å². The Balaban J connectivity index is 1.59. The molecule has 140 valence electrons. The van der Waals surface area contributed by atoms with Crippen molar-refractivity contribution in [2.45, 2.75) is 52.7 Å². The number of hydrogen-bond donors (Lipinski definition) is 0. The van der Waals surface area contributed by atoms with Gasteiger partial charge in [-0.2, -0.15) is 0 Å². The summed E-state index contributed by atoms with van der Waals surface area (Å²) in [7, 11) is 0. The van der Waals surface area contributed by atoms with Crippen LogP contribution < -0.4 is 0 Å². The monoisotopic (exact) mass is 362 g/mol. The summed E-state index contributed by atoms with van der Waals surface area (Å²) in [6.45, 7) is 7.87.